The molecule has 1 N–H and O–H groups in total. The molecule has 0 fully saturated rings. The summed E-state index contributed by atoms with van der Waals surface area (Å²) in [5, 5.41) is 9.75. The zero-order valence-electron chi connectivity index (χ0n) is 14.9. The van der Waals surface area contributed by atoms with E-state index in [1.54, 1.807) is 12.1 Å². The average molecular weight is 417 g/mol. The van der Waals surface area contributed by atoms with Gasteiger partial charge in [0.25, 0.3) is 0 Å². The standard InChI is InChI=1S/C10H13FO.C6H5FO.C4H9Br/c1-2-3-8-12-10-6-4-9(11)5-7-10;7-5-1-3-6(8)4-2-5;1-2-3-4-5/h4-7H,2-3,8H2,1H3;1-4,8H;2-4H2,1H3. The second kappa shape index (κ2) is 15.9. The van der Waals surface area contributed by atoms with Gasteiger partial charge in [0.2, 0.25) is 0 Å². The highest BCUT2D eigenvalue weighted by molar-refractivity contribution is 9.09. The molecule has 0 amide bonds. The number of alkyl halides is 1. The van der Waals surface area contributed by atoms with Crippen LogP contribution >= 0.6 is 15.9 Å². The molecule has 0 bridgehead atoms. The third-order valence-corrected chi connectivity index (χ3v) is 3.45. The minimum Gasteiger partial charge on any atom is -0.508 e. The van der Waals surface area contributed by atoms with Gasteiger partial charge in [-0.3, -0.25) is 0 Å². The van der Waals surface area contributed by atoms with Crippen LogP contribution in [0.5, 0.6) is 11.5 Å². The molecule has 0 unspecified atom stereocenters. The summed E-state index contributed by atoms with van der Waals surface area (Å²) in [6, 6.07) is 11.1. The van der Waals surface area contributed by atoms with Crippen molar-refractivity contribution in [1.82, 2.24) is 0 Å². The monoisotopic (exact) mass is 416 g/mol. The average Bonchev–Trinajstić information content (AvgIpc) is 2.61. The lowest BCUT2D eigenvalue weighted by atomic mass is 10.3. The summed E-state index contributed by atoms with van der Waals surface area (Å²) in [6.07, 6.45) is 4.75. The third-order valence-electron chi connectivity index (χ3n) is 2.89. The number of aromatic hydroxyl groups is 1. The maximum atomic E-state index is 12.4. The number of phenolic OH excluding ortho intramolecular Hbond substituents is 1. The van der Waals surface area contributed by atoms with E-state index in [1.165, 1.54) is 49.2 Å². The van der Waals surface area contributed by atoms with Crippen LogP contribution in [0.2, 0.25) is 0 Å². The largest absolute Gasteiger partial charge is 0.508 e. The maximum Gasteiger partial charge on any atom is 0.123 e. The molecular weight excluding hydrogens is 390 g/mol. The fourth-order valence-electron chi connectivity index (χ4n) is 1.44. The molecule has 0 aliphatic rings. The van der Waals surface area contributed by atoms with Crippen molar-refractivity contribution in [3.8, 4) is 11.5 Å². The Morgan fingerprint density at radius 2 is 1.32 bits per heavy atom. The van der Waals surface area contributed by atoms with Gasteiger partial charge in [-0.25, -0.2) is 8.78 Å². The van der Waals surface area contributed by atoms with Gasteiger partial charge in [0, 0.05) is 5.33 Å². The van der Waals surface area contributed by atoms with Gasteiger partial charge < -0.3 is 9.84 Å². The van der Waals surface area contributed by atoms with Crippen molar-refractivity contribution in [2.24, 2.45) is 0 Å². The van der Waals surface area contributed by atoms with Crippen molar-refractivity contribution < 1.29 is 18.6 Å². The van der Waals surface area contributed by atoms with E-state index in [0.29, 0.717) is 6.61 Å². The van der Waals surface area contributed by atoms with Gasteiger partial charge in [0.15, 0.2) is 0 Å². The van der Waals surface area contributed by atoms with Gasteiger partial charge in [0.1, 0.15) is 23.1 Å². The van der Waals surface area contributed by atoms with Crippen molar-refractivity contribution in [3.63, 3.8) is 0 Å². The number of rotatable bonds is 6. The molecule has 0 heterocycles. The quantitative estimate of drug-likeness (QED) is 0.418. The molecule has 0 spiro atoms. The van der Waals surface area contributed by atoms with Gasteiger partial charge >= 0.3 is 0 Å². The van der Waals surface area contributed by atoms with Crippen molar-refractivity contribution in [2.45, 2.75) is 39.5 Å². The summed E-state index contributed by atoms with van der Waals surface area (Å²) < 4.78 is 29.7. The Kier molecular flexibility index (Phi) is 14.9. The number of hydrogen-bond donors (Lipinski definition) is 1. The number of ether oxygens (including phenoxy) is 1. The molecule has 0 saturated carbocycles. The Bertz CT molecular complexity index is 507. The molecular formula is C20H27BrF2O2. The molecule has 2 nitrogen and oxygen atoms in total. The molecule has 0 radical (unpaired) electrons. The molecule has 5 heteroatoms. The van der Waals surface area contributed by atoms with Crippen LogP contribution in [-0.4, -0.2) is 17.0 Å². The summed E-state index contributed by atoms with van der Waals surface area (Å²) in [6.45, 7) is 5.00. The van der Waals surface area contributed by atoms with E-state index in [0.717, 1.165) is 23.9 Å². The van der Waals surface area contributed by atoms with E-state index in [1.807, 2.05) is 0 Å². The number of phenols is 1. The lowest BCUT2D eigenvalue weighted by molar-refractivity contribution is 0.309. The lowest BCUT2D eigenvalue weighted by Crippen LogP contribution is -1.95. The van der Waals surface area contributed by atoms with Crippen molar-refractivity contribution in [2.75, 3.05) is 11.9 Å². The summed E-state index contributed by atoms with van der Waals surface area (Å²) >= 11 is 3.31. The van der Waals surface area contributed by atoms with Crippen LogP contribution in [0.1, 0.15) is 39.5 Å². The van der Waals surface area contributed by atoms with Gasteiger partial charge in [0.05, 0.1) is 6.61 Å². The highest BCUT2D eigenvalue weighted by atomic mass is 79.9. The Hall–Kier alpha value is -1.62. The van der Waals surface area contributed by atoms with Crippen molar-refractivity contribution in [1.29, 1.82) is 0 Å². The minimum atomic E-state index is -0.331. The summed E-state index contributed by atoms with van der Waals surface area (Å²) in [5.41, 5.74) is 0. The minimum absolute atomic E-state index is 0.0893. The number of benzene rings is 2. The fraction of sp³-hybridized carbons (Fsp3) is 0.400. The number of unbranched alkanes of at least 4 members (excludes halogenated alkanes) is 2. The Morgan fingerprint density at radius 1 is 0.840 bits per heavy atom. The van der Waals surface area contributed by atoms with Crippen LogP contribution in [-0.2, 0) is 0 Å². The van der Waals surface area contributed by atoms with Crippen LogP contribution in [0.25, 0.3) is 0 Å². The van der Waals surface area contributed by atoms with Gasteiger partial charge in [-0.05, 0) is 61.4 Å². The molecule has 0 atom stereocenters. The number of hydrogen-bond acceptors (Lipinski definition) is 2. The molecule has 25 heavy (non-hydrogen) atoms. The first-order valence-electron chi connectivity index (χ1n) is 8.42. The first kappa shape index (κ1) is 23.4. The highest BCUT2D eigenvalue weighted by Gasteiger charge is 1.92. The van der Waals surface area contributed by atoms with E-state index < -0.39 is 0 Å². The van der Waals surface area contributed by atoms with Gasteiger partial charge in [-0.2, -0.15) is 0 Å². The Balaban J connectivity index is 0.000000382. The maximum absolute atomic E-state index is 12.4. The second-order valence-corrected chi connectivity index (χ2v) is 5.97. The molecule has 2 rings (SSSR count). The summed E-state index contributed by atoms with van der Waals surface area (Å²) in [7, 11) is 0. The zero-order chi connectivity index (χ0) is 18.9. The van der Waals surface area contributed by atoms with Crippen LogP contribution in [0.3, 0.4) is 0 Å². The molecule has 2 aromatic rings. The third kappa shape index (κ3) is 14.4. The molecule has 2 aromatic carbocycles. The molecule has 140 valence electrons. The van der Waals surface area contributed by atoms with Gasteiger partial charge in [-0.1, -0.05) is 42.6 Å². The zero-order valence-corrected chi connectivity index (χ0v) is 16.4. The van der Waals surface area contributed by atoms with Crippen LogP contribution in [0, 0.1) is 11.6 Å². The predicted molar refractivity (Wildman–Crippen MR) is 104 cm³/mol. The Morgan fingerprint density at radius 3 is 1.68 bits per heavy atom. The van der Waals surface area contributed by atoms with E-state index >= 15 is 0 Å². The fourth-order valence-corrected chi connectivity index (χ4v) is 2.00. The van der Waals surface area contributed by atoms with E-state index in [-0.39, 0.29) is 17.4 Å². The molecule has 0 aromatic heterocycles. The summed E-state index contributed by atoms with van der Waals surface area (Å²) in [4.78, 5) is 0. The first-order chi connectivity index (χ1) is 12.0. The highest BCUT2D eigenvalue weighted by Crippen LogP contribution is 2.11. The molecule has 0 aliphatic heterocycles. The molecule has 0 saturated heterocycles. The second-order valence-electron chi connectivity index (χ2n) is 5.17. The van der Waals surface area contributed by atoms with E-state index in [9.17, 15) is 8.78 Å². The normalized spacial score (nSPS) is 9.32. The van der Waals surface area contributed by atoms with Gasteiger partial charge in [-0.15, -0.1) is 0 Å². The van der Waals surface area contributed by atoms with Crippen molar-refractivity contribution >= 4 is 15.9 Å². The lowest BCUT2D eigenvalue weighted by Gasteiger charge is -2.03. The Labute approximate surface area is 158 Å². The van der Waals surface area contributed by atoms with Crippen LogP contribution < -0.4 is 4.74 Å². The van der Waals surface area contributed by atoms with E-state index in [2.05, 4.69) is 29.8 Å². The molecule has 0 aliphatic carbocycles. The van der Waals surface area contributed by atoms with Crippen LogP contribution in [0.15, 0.2) is 48.5 Å². The predicted octanol–water partition coefficient (Wildman–Crippen LogP) is 6.72. The van der Waals surface area contributed by atoms with Crippen molar-refractivity contribution in [3.05, 3.63) is 60.2 Å². The van der Waals surface area contributed by atoms with Crippen LogP contribution in [0.4, 0.5) is 8.78 Å². The SMILES string of the molecule is CCCCBr.CCCCOc1ccc(F)cc1.Oc1ccc(F)cc1. The summed E-state index contributed by atoms with van der Waals surface area (Å²) in [5.74, 6) is 0.275. The first-order valence-corrected chi connectivity index (χ1v) is 9.54. The smallest absolute Gasteiger partial charge is 0.123 e. The number of halogens is 3. The topological polar surface area (TPSA) is 29.5 Å². The van der Waals surface area contributed by atoms with E-state index in [4.69, 9.17) is 9.84 Å².